The molecule has 2 N–H and O–H groups in total. The Bertz CT molecular complexity index is 421. The molecule has 1 aromatic carbocycles. The zero-order valence-corrected chi connectivity index (χ0v) is 11.8. The first kappa shape index (κ1) is 15.5. The number of hydrogen-bond acceptors (Lipinski definition) is 4. The Morgan fingerprint density at radius 2 is 2.00 bits per heavy atom. The molecule has 0 aliphatic rings. The molecule has 4 heteroatoms. The van der Waals surface area contributed by atoms with Gasteiger partial charge in [-0.15, -0.1) is 0 Å². The van der Waals surface area contributed by atoms with Crippen LogP contribution in [-0.4, -0.2) is 29.9 Å². The van der Waals surface area contributed by atoms with Crippen LogP contribution in [0.15, 0.2) is 24.3 Å². The number of ether oxygens (including phenoxy) is 1. The first-order chi connectivity index (χ1) is 8.96. The largest absolute Gasteiger partial charge is 0.491 e. The van der Waals surface area contributed by atoms with Gasteiger partial charge in [-0.1, -0.05) is 6.92 Å². The molecule has 1 atom stereocenters. The number of benzene rings is 1. The van der Waals surface area contributed by atoms with Crippen LogP contribution >= 0.6 is 0 Å². The van der Waals surface area contributed by atoms with Crippen molar-refractivity contribution in [2.75, 3.05) is 13.2 Å². The molecule has 104 valence electrons. The second-order valence-electron chi connectivity index (χ2n) is 5.22. The second kappa shape index (κ2) is 7.13. The van der Waals surface area contributed by atoms with Crippen LogP contribution in [0.1, 0.15) is 32.8 Å². The number of nitriles is 1. The topological polar surface area (TPSA) is 65.3 Å². The number of rotatable bonds is 7. The molecular formula is C15H22N2O2. The minimum atomic E-state index is -0.554. The van der Waals surface area contributed by atoms with Gasteiger partial charge in [0.15, 0.2) is 0 Å². The van der Waals surface area contributed by atoms with Crippen molar-refractivity contribution >= 4 is 0 Å². The van der Waals surface area contributed by atoms with Gasteiger partial charge in [0, 0.05) is 12.1 Å². The lowest BCUT2D eigenvalue weighted by Crippen LogP contribution is -2.44. The number of β-amino-alcohol motifs (C(OH)–C–C–N with tert-alkyl or cyclic N) is 1. The lowest BCUT2D eigenvalue weighted by Gasteiger charge is -2.26. The van der Waals surface area contributed by atoms with E-state index in [0.717, 1.165) is 6.42 Å². The number of aliphatic hydroxyl groups is 1. The van der Waals surface area contributed by atoms with Gasteiger partial charge in [0.25, 0.3) is 0 Å². The fourth-order valence-electron chi connectivity index (χ4n) is 1.40. The zero-order chi connectivity index (χ0) is 14.3. The Balaban J connectivity index is 2.33. The van der Waals surface area contributed by atoms with Crippen LogP contribution in [0.3, 0.4) is 0 Å². The van der Waals surface area contributed by atoms with E-state index in [-0.39, 0.29) is 12.1 Å². The number of hydrogen-bond donors (Lipinski definition) is 2. The lowest BCUT2D eigenvalue weighted by atomic mass is 10.0. The maximum Gasteiger partial charge on any atom is 0.119 e. The van der Waals surface area contributed by atoms with Crippen LogP contribution < -0.4 is 10.1 Å². The smallest absolute Gasteiger partial charge is 0.119 e. The van der Waals surface area contributed by atoms with Gasteiger partial charge in [-0.05, 0) is 44.5 Å². The molecule has 0 radical (unpaired) electrons. The maximum atomic E-state index is 9.83. The van der Waals surface area contributed by atoms with Crippen molar-refractivity contribution in [2.45, 2.75) is 38.8 Å². The standard InChI is InChI=1S/C15H22N2O2/c1-4-15(2,3)17-10-13(18)11-19-14-7-5-12(9-16)6-8-14/h5-8,13,17-18H,4,10-11H2,1-3H3. The van der Waals surface area contributed by atoms with Crippen LogP contribution in [-0.2, 0) is 0 Å². The molecular weight excluding hydrogens is 240 g/mol. The van der Waals surface area contributed by atoms with E-state index >= 15 is 0 Å². The fraction of sp³-hybridized carbons (Fsp3) is 0.533. The quantitative estimate of drug-likeness (QED) is 0.789. The van der Waals surface area contributed by atoms with Gasteiger partial charge in [0.1, 0.15) is 18.5 Å². The van der Waals surface area contributed by atoms with E-state index in [0.29, 0.717) is 17.9 Å². The van der Waals surface area contributed by atoms with E-state index in [1.54, 1.807) is 24.3 Å². The van der Waals surface area contributed by atoms with E-state index < -0.39 is 6.10 Å². The van der Waals surface area contributed by atoms with Gasteiger partial charge in [-0.3, -0.25) is 0 Å². The molecule has 0 saturated heterocycles. The minimum Gasteiger partial charge on any atom is -0.491 e. The summed E-state index contributed by atoms with van der Waals surface area (Å²) in [7, 11) is 0. The molecule has 0 heterocycles. The maximum absolute atomic E-state index is 9.83. The summed E-state index contributed by atoms with van der Waals surface area (Å²) >= 11 is 0. The van der Waals surface area contributed by atoms with E-state index in [2.05, 4.69) is 26.1 Å². The highest BCUT2D eigenvalue weighted by Gasteiger charge is 2.16. The summed E-state index contributed by atoms with van der Waals surface area (Å²) in [6.07, 6.45) is 0.442. The van der Waals surface area contributed by atoms with Gasteiger partial charge in [-0.2, -0.15) is 5.26 Å². The highest BCUT2D eigenvalue weighted by molar-refractivity contribution is 5.34. The number of nitrogens with one attached hydrogen (secondary N) is 1. The summed E-state index contributed by atoms with van der Waals surface area (Å²) in [5, 5.41) is 21.8. The number of aliphatic hydroxyl groups excluding tert-OH is 1. The molecule has 0 saturated carbocycles. The molecule has 0 bridgehead atoms. The third-order valence-corrected chi connectivity index (χ3v) is 3.13. The first-order valence-corrected chi connectivity index (χ1v) is 6.53. The fourth-order valence-corrected chi connectivity index (χ4v) is 1.40. The minimum absolute atomic E-state index is 0.0232. The first-order valence-electron chi connectivity index (χ1n) is 6.53. The van der Waals surface area contributed by atoms with Crippen molar-refractivity contribution in [3.05, 3.63) is 29.8 Å². The molecule has 1 unspecified atom stereocenters. The Labute approximate surface area is 115 Å². The lowest BCUT2D eigenvalue weighted by molar-refractivity contribution is 0.0985. The van der Waals surface area contributed by atoms with E-state index in [9.17, 15) is 5.11 Å². The summed E-state index contributed by atoms with van der Waals surface area (Å²) in [6.45, 7) is 7.03. The van der Waals surface area contributed by atoms with Crippen molar-refractivity contribution in [2.24, 2.45) is 0 Å². The van der Waals surface area contributed by atoms with Crippen LogP contribution in [0.2, 0.25) is 0 Å². The highest BCUT2D eigenvalue weighted by atomic mass is 16.5. The van der Waals surface area contributed by atoms with Crippen LogP contribution in [0.5, 0.6) is 5.75 Å². The van der Waals surface area contributed by atoms with Gasteiger partial charge in [0.05, 0.1) is 11.6 Å². The van der Waals surface area contributed by atoms with Gasteiger partial charge in [0.2, 0.25) is 0 Å². The predicted octanol–water partition coefficient (Wildman–Crippen LogP) is 2.08. The Morgan fingerprint density at radius 1 is 1.37 bits per heavy atom. The summed E-state index contributed by atoms with van der Waals surface area (Å²) in [4.78, 5) is 0. The van der Waals surface area contributed by atoms with E-state index in [1.165, 1.54) is 0 Å². The summed E-state index contributed by atoms with van der Waals surface area (Å²) < 4.78 is 5.47. The zero-order valence-electron chi connectivity index (χ0n) is 11.8. The van der Waals surface area contributed by atoms with Crippen LogP contribution in [0, 0.1) is 11.3 Å². The van der Waals surface area contributed by atoms with Crippen molar-refractivity contribution in [1.29, 1.82) is 5.26 Å². The molecule has 1 aromatic rings. The molecule has 0 spiro atoms. The average Bonchev–Trinajstić information content (AvgIpc) is 2.43. The molecule has 0 aliphatic heterocycles. The van der Waals surface area contributed by atoms with E-state index in [1.807, 2.05) is 6.07 Å². The van der Waals surface area contributed by atoms with Gasteiger partial charge >= 0.3 is 0 Å². The molecule has 0 amide bonds. The third kappa shape index (κ3) is 5.73. The van der Waals surface area contributed by atoms with Crippen LogP contribution in [0.25, 0.3) is 0 Å². The summed E-state index contributed by atoms with van der Waals surface area (Å²) in [5.74, 6) is 0.660. The monoisotopic (exact) mass is 262 g/mol. The molecule has 1 rings (SSSR count). The molecule has 0 fully saturated rings. The number of nitrogens with zero attached hydrogens (tertiary/aromatic N) is 1. The molecule has 0 aromatic heterocycles. The Morgan fingerprint density at radius 3 is 2.53 bits per heavy atom. The van der Waals surface area contributed by atoms with Crippen molar-refractivity contribution in [3.8, 4) is 11.8 Å². The van der Waals surface area contributed by atoms with Crippen molar-refractivity contribution in [1.82, 2.24) is 5.32 Å². The summed E-state index contributed by atoms with van der Waals surface area (Å²) in [5.41, 5.74) is 0.620. The van der Waals surface area contributed by atoms with Gasteiger partial charge in [-0.25, -0.2) is 0 Å². The predicted molar refractivity (Wildman–Crippen MR) is 75.0 cm³/mol. The van der Waals surface area contributed by atoms with Crippen LogP contribution in [0.4, 0.5) is 0 Å². The Kier molecular flexibility index (Phi) is 5.81. The third-order valence-electron chi connectivity index (χ3n) is 3.13. The normalized spacial score (nSPS) is 12.8. The summed E-state index contributed by atoms with van der Waals surface area (Å²) in [6, 6.07) is 8.90. The second-order valence-corrected chi connectivity index (χ2v) is 5.22. The van der Waals surface area contributed by atoms with Crippen molar-refractivity contribution in [3.63, 3.8) is 0 Å². The molecule has 19 heavy (non-hydrogen) atoms. The Hall–Kier alpha value is -1.57. The average molecular weight is 262 g/mol. The highest BCUT2D eigenvalue weighted by Crippen LogP contribution is 2.12. The molecule has 0 aliphatic carbocycles. The SMILES string of the molecule is CCC(C)(C)NCC(O)COc1ccc(C#N)cc1. The van der Waals surface area contributed by atoms with Gasteiger partial charge < -0.3 is 15.2 Å². The van der Waals surface area contributed by atoms with Crippen molar-refractivity contribution < 1.29 is 9.84 Å². The molecule has 4 nitrogen and oxygen atoms in total. The van der Waals surface area contributed by atoms with E-state index in [4.69, 9.17) is 10.00 Å².